The predicted molar refractivity (Wildman–Crippen MR) is 95.7 cm³/mol. The molecule has 0 radical (unpaired) electrons. The molecule has 2 aromatic heterocycles. The van der Waals surface area contributed by atoms with Crippen molar-refractivity contribution in [2.24, 2.45) is 0 Å². The van der Waals surface area contributed by atoms with Crippen molar-refractivity contribution in [2.75, 3.05) is 11.9 Å². The van der Waals surface area contributed by atoms with E-state index in [0.29, 0.717) is 18.3 Å². The zero-order valence-electron chi connectivity index (χ0n) is 14.3. The highest BCUT2D eigenvalue weighted by molar-refractivity contribution is 6.05. The van der Waals surface area contributed by atoms with Gasteiger partial charge in [-0.1, -0.05) is 0 Å². The van der Waals surface area contributed by atoms with Crippen LogP contribution in [0.4, 0.5) is 14.5 Å². The zero-order chi connectivity index (χ0) is 19.0. The maximum absolute atomic E-state index is 13.4. The van der Waals surface area contributed by atoms with Gasteiger partial charge in [0, 0.05) is 29.9 Å². The number of carbonyl (C=O) groups excluding carboxylic acids is 1. The first-order valence-corrected chi connectivity index (χ1v) is 8.59. The first-order chi connectivity index (χ1) is 13.0. The molecular weight excluding hydrogens is 356 g/mol. The fraction of sp³-hybridized carbons (Fsp3) is 0.278. The number of hydrogen-bond acceptors (Lipinski definition) is 4. The molecule has 0 aliphatic carbocycles. The van der Waals surface area contributed by atoms with Crippen molar-refractivity contribution in [3.8, 4) is 0 Å². The van der Waals surface area contributed by atoms with Crippen molar-refractivity contribution in [2.45, 2.75) is 25.4 Å². The zero-order valence-corrected chi connectivity index (χ0v) is 14.3. The fourth-order valence-electron chi connectivity index (χ4n) is 3.25. The van der Waals surface area contributed by atoms with Crippen LogP contribution in [-0.4, -0.2) is 33.3 Å². The van der Waals surface area contributed by atoms with E-state index in [-0.39, 0.29) is 16.5 Å². The van der Waals surface area contributed by atoms with Crippen LogP contribution in [-0.2, 0) is 6.54 Å². The summed E-state index contributed by atoms with van der Waals surface area (Å²) in [4.78, 5) is 27.5. The Hall–Kier alpha value is -3.07. The Bertz CT molecular complexity index is 1070. The minimum Gasteiger partial charge on any atom is -0.360 e. The molecule has 1 fully saturated rings. The Morgan fingerprint density at radius 3 is 2.93 bits per heavy atom. The highest BCUT2D eigenvalue weighted by Crippen LogP contribution is 2.15. The second-order valence-electron chi connectivity index (χ2n) is 6.54. The third-order valence-corrected chi connectivity index (χ3v) is 4.63. The molecule has 1 unspecified atom stereocenters. The van der Waals surface area contributed by atoms with Gasteiger partial charge in [-0.15, -0.1) is 0 Å². The monoisotopic (exact) mass is 373 g/mol. The van der Waals surface area contributed by atoms with Gasteiger partial charge >= 0.3 is 0 Å². The molecule has 0 bridgehead atoms. The van der Waals surface area contributed by atoms with Crippen LogP contribution in [0.1, 0.15) is 23.2 Å². The molecule has 1 atom stereocenters. The number of amides is 1. The van der Waals surface area contributed by atoms with Crippen molar-refractivity contribution in [1.29, 1.82) is 0 Å². The van der Waals surface area contributed by atoms with E-state index in [1.54, 1.807) is 10.9 Å². The lowest BCUT2D eigenvalue weighted by atomic mass is 10.1. The van der Waals surface area contributed by atoms with Crippen molar-refractivity contribution < 1.29 is 13.6 Å². The van der Waals surface area contributed by atoms with E-state index >= 15 is 0 Å². The number of carbonyl (C=O) groups is 1. The lowest BCUT2D eigenvalue weighted by Crippen LogP contribution is -2.26. The Morgan fingerprint density at radius 2 is 2.15 bits per heavy atom. The van der Waals surface area contributed by atoms with Gasteiger partial charge in [0.2, 0.25) is 5.43 Å². The Kier molecular flexibility index (Phi) is 4.44. The van der Waals surface area contributed by atoms with Gasteiger partial charge in [-0.05, 0) is 25.5 Å². The maximum Gasteiger partial charge on any atom is 0.261 e. The number of aromatic amines is 1. The van der Waals surface area contributed by atoms with Gasteiger partial charge in [-0.25, -0.2) is 8.78 Å². The molecule has 1 amide bonds. The van der Waals surface area contributed by atoms with Crippen LogP contribution in [0.2, 0.25) is 0 Å². The van der Waals surface area contributed by atoms with Gasteiger partial charge in [0.1, 0.15) is 5.56 Å². The molecule has 0 saturated carbocycles. The maximum atomic E-state index is 13.4. The molecule has 1 aliphatic heterocycles. The summed E-state index contributed by atoms with van der Waals surface area (Å²) in [5, 5.41) is 10.1. The van der Waals surface area contributed by atoms with E-state index in [9.17, 15) is 18.4 Å². The first kappa shape index (κ1) is 17.3. The van der Waals surface area contributed by atoms with Crippen LogP contribution in [0.5, 0.6) is 0 Å². The standard InChI is InChI=1S/C18H17F2N5O2/c19-14-4-12-16(5-15(14)20)22-7-13(17(12)26)18(27)24-11-6-23-25(9-11)8-10-2-1-3-21-10/h4-7,9-10,21H,1-3,8H2,(H,22,26)(H,24,27). The molecule has 140 valence electrons. The predicted octanol–water partition coefficient (Wildman–Crippen LogP) is 2.01. The molecule has 3 aromatic rings. The smallest absolute Gasteiger partial charge is 0.261 e. The number of fused-ring (bicyclic) bond motifs is 1. The highest BCUT2D eigenvalue weighted by Gasteiger charge is 2.17. The number of pyridine rings is 1. The summed E-state index contributed by atoms with van der Waals surface area (Å²) >= 11 is 0. The van der Waals surface area contributed by atoms with E-state index in [1.165, 1.54) is 12.4 Å². The number of rotatable bonds is 4. The average Bonchev–Trinajstić information content (AvgIpc) is 3.29. The molecule has 3 N–H and O–H groups in total. The molecular formula is C18H17F2N5O2. The third-order valence-electron chi connectivity index (χ3n) is 4.63. The number of H-pyrrole nitrogens is 1. The summed E-state index contributed by atoms with van der Waals surface area (Å²) in [5.74, 6) is -2.87. The van der Waals surface area contributed by atoms with Gasteiger partial charge in [0.05, 0.1) is 23.9 Å². The number of nitrogens with zero attached hydrogens (tertiary/aromatic N) is 2. The van der Waals surface area contributed by atoms with Crippen LogP contribution in [0.3, 0.4) is 0 Å². The molecule has 4 rings (SSSR count). The molecule has 1 aliphatic rings. The van der Waals surface area contributed by atoms with Crippen LogP contribution < -0.4 is 16.1 Å². The highest BCUT2D eigenvalue weighted by atomic mass is 19.2. The second kappa shape index (κ2) is 6.92. The van der Waals surface area contributed by atoms with Crippen LogP contribution in [0.25, 0.3) is 10.9 Å². The van der Waals surface area contributed by atoms with Crippen molar-refractivity contribution in [3.05, 3.63) is 58.1 Å². The Morgan fingerprint density at radius 1 is 1.33 bits per heavy atom. The van der Waals surface area contributed by atoms with Crippen molar-refractivity contribution in [1.82, 2.24) is 20.1 Å². The van der Waals surface area contributed by atoms with E-state index < -0.39 is 23.0 Å². The molecule has 0 spiro atoms. The molecule has 27 heavy (non-hydrogen) atoms. The number of anilines is 1. The van der Waals surface area contributed by atoms with E-state index in [2.05, 4.69) is 20.7 Å². The number of aromatic nitrogens is 3. The fourth-order valence-corrected chi connectivity index (χ4v) is 3.25. The van der Waals surface area contributed by atoms with Gasteiger partial charge in [-0.2, -0.15) is 5.10 Å². The summed E-state index contributed by atoms with van der Waals surface area (Å²) in [6.45, 7) is 1.68. The summed E-state index contributed by atoms with van der Waals surface area (Å²) in [5.41, 5.74) is -0.309. The minimum absolute atomic E-state index is 0.0930. The number of benzene rings is 1. The third kappa shape index (κ3) is 3.45. The summed E-state index contributed by atoms with van der Waals surface area (Å²) in [7, 11) is 0. The van der Waals surface area contributed by atoms with Crippen molar-refractivity contribution in [3.63, 3.8) is 0 Å². The van der Waals surface area contributed by atoms with Gasteiger partial charge in [0.15, 0.2) is 11.6 Å². The summed E-state index contributed by atoms with van der Waals surface area (Å²) in [6.07, 6.45) is 6.57. The van der Waals surface area contributed by atoms with E-state index in [0.717, 1.165) is 31.5 Å². The molecule has 7 nitrogen and oxygen atoms in total. The van der Waals surface area contributed by atoms with Gasteiger partial charge in [-0.3, -0.25) is 14.3 Å². The van der Waals surface area contributed by atoms with Gasteiger partial charge in [0.25, 0.3) is 5.91 Å². The largest absolute Gasteiger partial charge is 0.360 e. The van der Waals surface area contributed by atoms with Crippen LogP contribution in [0.15, 0.2) is 35.5 Å². The quantitative estimate of drug-likeness (QED) is 0.652. The SMILES string of the molecule is O=C(Nc1cnn(CC2CCCN2)c1)c1c[nH]c2cc(F)c(F)cc2c1=O. The lowest BCUT2D eigenvalue weighted by Gasteiger charge is -2.09. The number of nitrogens with one attached hydrogen (secondary N) is 3. The summed E-state index contributed by atoms with van der Waals surface area (Å²) in [6, 6.07) is 2.02. The molecule has 9 heteroatoms. The van der Waals surface area contributed by atoms with Crippen LogP contribution >= 0.6 is 0 Å². The first-order valence-electron chi connectivity index (χ1n) is 8.59. The normalized spacial score (nSPS) is 16.7. The summed E-state index contributed by atoms with van der Waals surface area (Å²) < 4.78 is 28.4. The van der Waals surface area contributed by atoms with Gasteiger partial charge < -0.3 is 15.6 Å². The van der Waals surface area contributed by atoms with E-state index in [4.69, 9.17) is 0 Å². The second-order valence-corrected chi connectivity index (χ2v) is 6.54. The topological polar surface area (TPSA) is 91.8 Å². The Labute approximate surface area is 152 Å². The lowest BCUT2D eigenvalue weighted by molar-refractivity contribution is 0.102. The average molecular weight is 373 g/mol. The van der Waals surface area contributed by atoms with Crippen molar-refractivity contribution >= 4 is 22.5 Å². The Balaban J connectivity index is 1.54. The minimum atomic E-state index is -1.15. The molecule has 1 aromatic carbocycles. The molecule has 3 heterocycles. The molecule has 1 saturated heterocycles. The number of hydrogen-bond donors (Lipinski definition) is 3. The number of halogens is 2. The van der Waals surface area contributed by atoms with Crippen LogP contribution in [0, 0.1) is 11.6 Å². The van der Waals surface area contributed by atoms with E-state index in [1.807, 2.05) is 0 Å².